The third kappa shape index (κ3) is 4.71. The number of halogens is 3. The molecule has 2 aliphatic carbocycles. The highest BCUT2D eigenvalue weighted by Gasteiger charge is 2.46. The molecule has 3 unspecified atom stereocenters. The topological polar surface area (TPSA) is 87.3 Å². The molecule has 3 aliphatic rings. The molecule has 3 atom stereocenters. The van der Waals surface area contributed by atoms with Crippen molar-refractivity contribution in [1.29, 1.82) is 0 Å². The number of alkyl halides is 3. The van der Waals surface area contributed by atoms with Crippen LogP contribution < -0.4 is 5.69 Å². The number of hydrogen-bond donors (Lipinski definition) is 0. The number of rotatable bonds is 8. The fourth-order valence-corrected chi connectivity index (χ4v) is 6.41. The maximum atomic E-state index is 13.9. The van der Waals surface area contributed by atoms with E-state index >= 15 is 0 Å². The van der Waals surface area contributed by atoms with Gasteiger partial charge in [0.25, 0.3) is 0 Å². The summed E-state index contributed by atoms with van der Waals surface area (Å²) in [5.41, 5.74) is 2.83. The smallest absolute Gasteiger partial charge is 0.381 e. The number of imidazole rings is 1. The van der Waals surface area contributed by atoms with Crippen LogP contribution in [0.4, 0.5) is 13.2 Å². The summed E-state index contributed by atoms with van der Waals surface area (Å²) in [7, 11) is 3.34. The Balaban J connectivity index is 1.17. The summed E-state index contributed by atoms with van der Waals surface area (Å²) in [6, 6.07) is 8.51. The van der Waals surface area contributed by atoms with Crippen molar-refractivity contribution in [2.45, 2.75) is 43.7 Å². The predicted octanol–water partition coefficient (Wildman–Crippen LogP) is 4.27. The van der Waals surface area contributed by atoms with Crippen LogP contribution >= 0.6 is 0 Å². The summed E-state index contributed by atoms with van der Waals surface area (Å²) in [6.07, 6.45) is -2.41. The van der Waals surface area contributed by atoms with Gasteiger partial charge in [0, 0.05) is 57.0 Å². The zero-order valence-corrected chi connectivity index (χ0v) is 22.8. The lowest BCUT2D eigenvalue weighted by Crippen LogP contribution is -2.37. The predicted molar refractivity (Wildman–Crippen MR) is 145 cm³/mol. The van der Waals surface area contributed by atoms with Gasteiger partial charge in [-0.3, -0.25) is 14.1 Å². The van der Waals surface area contributed by atoms with E-state index < -0.39 is 12.3 Å². The molecule has 0 spiro atoms. The highest BCUT2D eigenvalue weighted by molar-refractivity contribution is 6.02. The van der Waals surface area contributed by atoms with Gasteiger partial charge in [-0.2, -0.15) is 13.2 Å². The lowest BCUT2D eigenvalue weighted by molar-refractivity contribution is -0.225. The number of piperidine rings is 1. The van der Waals surface area contributed by atoms with E-state index in [1.807, 2.05) is 12.1 Å². The van der Waals surface area contributed by atoms with Crippen molar-refractivity contribution < 1.29 is 22.6 Å². The number of pyridine rings is 1. The summed E-state index contributed by atoms with van der Waals surface area (Å²) >= 11 is 0. The van der Waals surface area contributed by atoms with Gasteiger partial charge in [0.2, 0.25) is 0 Å². The molecule has 9 nitrogen and oxygen atoms in total. The SMILES string of the molecule is COC1CC(n2c(=O)n(C)c3nnc4ccc(-c5ccc(C(OCCN6CC7CC7C6)C(F)(F)F)nc5)cc4c32)C1. The molecule has 3 aromatic heterocycles. The third-order valence-electron chi connectivity index (χ3n) is 8.97. The van der Waals surface area contributed by atoms with Crippen molar-refractivity contribution in [2.24, 2.45) is 18.9 Å². The van der Waals surface area contributed by atoms with Gasteiger partial charge in [-0.05, 0) is 54.9 Å². The van der Waals surface area contributed by atoms with Crippen LogP contribution in [0.3, 0.4) is 0 Å². The highest BCUT2D eigenvalue weighted by Crippen LogP contribution is 2.45. The van der Waals surface area contributed by atoms with Crippen LogP contribution in [0.25, 0.3) is 33.2 Å². The van der Waals surface area contributed by atoms with Gasteiger partial charge in [0.1, 0.15) is 5.52 Å². The fraction of sp³-hybridized carbons (Fsp3) is 0.517. The van der Waals surface area contributed by atoms with E-state index in [4.69, 9.17) is 9.47 Å². The fourth-order valence-electron chi connectivity index (χ4n) is 6.41. The zero-order chi connectivity index (χ0) is 28.5. The molecule has 0 amide bonds. The minimum absolute atomic E-state index is 0.000341. The normalized spacial score (nSPS) is 25.0. The van der Waals surface area contributed by atoms with E-state index in [2.05, 4.69) is 20.1 Å². The Kier molecular flexibility index (Phi) is 6.40. The molecule has 0 N–H and O–H groups in total. The minimum atomic E-state index is -4.57. The summed E-state index contributed by atoms with van der Waals surface area (Å²) in [4.78, 5) is 19.5. The summed E-state index contributed by atoms with van der Waals surface area (Å²) < 4.78 is 55.8. The Bertz CT molecular complexity index is 1650. The van der Waals surface area contributed by atoms with Gasteiger partial charge >= 0.3 is 11.9 Å². The molecule has 41 heavy (non-hydrogen) atoms. The molecular formula is C29H31F3N6O3. The maximum absolute atomic E-state index is 13.9. The van der Waals surface area contributed by atoms with Crippen molar-refractivity contribution >= 4 is 22.1 Å². The molecule has 2 saturated carbocycles. The summed E-state index contributed by atoms with van der Waals surface area (Å²) in [5, 5.41) is 9.36. The van der Waals surface area contributed by atoms with Crippen molar-refractivity contribution in [1.82, 2.24) is 29.2 Å². The van der Waals surface area contributed by atoms with E-state index in [1.54, 1.807) is 30.9 Å². The zero-order valence-electron chi connectivity index (χ0n) is 22.8. The lowest BCUT2D eigenvalue weighted by Gasteiger charge is -2.34. The van der Waals surface area contributed by atoms with Crippen LogP contribution in [0.1, 0.15) is 37.1 Å². The van der Waals surface area contributed by atoms with Gasteiger partial charge in [-0.25, -0.2) is 4.79 Å². The number of benzene rings is 1. The second-order valence-corrected chi connectivity index (χ2v) is 11.6. The van der Waals surface area contributed by atoms with Crippen LogP contribution in [0.2, 0.25) is 0 Å². The van der Waals surface area contributed by atoms with Crippen molar-refractivity contribution in [3.8, 4) is 11.1 Å². The third-order valence-corrected chi connectivity index (χ3v) is 8.97. The van der Waals surface area contributed by atoms with Crippen LogP contribution in [0.5, 0.6) is 0 Å². The second-order valence-electron chi connectivity index (χ2n) is 11.6. The van der Waals surface area contributed by atoms with Gasteiger partial charge in [-0.1, -0.05) is 12.1 Å². The van der Waals surface area contributed by atoms with Gasteiger partial charge in [0.05, 0.1) is 23.9 Å². The van der Waals surface area contributed by atoms with Gasteiger partial charge < -0.3 is 14.4 Å². The number of aryl methyl sites for hydroxylation is 1. The molecule has 216 valence electrons. The van der Waals surface area contributed by atoms with E-state index in [0.29, 0.717) is 28.8 Å². The molecule has 4 aromatic rings. The van der Waals surface area contributed by atoms with E-state index in [1.165, 1.54) is 23.3 Å². The maximum Gasteiger partial charge on any atom is 0.420 e. The van der Waals surface area contributed by atoms with Gasteiger partial charge in [0.15, 0.2) is 11.8 Å². The molecule has 0 bridgehead atoms. The summed E-state index contributed by atoms with van der Waals surface area (Å²) in [5.74, 6) is 1.44. The number of ether oxygens (including phenoxy) is 2. The average Bonchev–Trinajstić information content (AvgIpc) is 3.46. The largest absolute Gasteiger partial charge is 0.420 e. The number of aromatic nitrogens is 5. The second kappa shape index (κ2) is 9.88. The van der Waals surface area contributed by atoms with Crippen molar-refractivity contribution in [3.63, 3.8) is 0 Å². The molecule has 4 heterocycles. The summed E-state index contributed by atoms with van der Waals surface area (Å²) in [6.45, 7) is 2.40. The Hall–Kier alpha value is -3.35. The van der Waals surface area contributed by atoms with Crippen LogP contribution in [-0.4, -0.2) is 74.8 Å². The van der Waals surface area contributed by atoms with Gasteiger partial charge in [-0.15, -0.1) is 10.2 Å². The first kappa shape index (κ1) is 26.5. The molecule has 12 heteroatoms. The van der Waals surface area contributed by atoms with E-state index in [0.717, 1.165) is 48.7 Å². The quantitative estimate of drug-likeness (QED) is 0.314. The molecule has 3 fully saturated rings. The molecule has 1 aromatic carbocycles. The first-order valence-electron chi connectivity index (χ1n) is 14.0. The molecule has 7 rings (SSSR count). The number of methoxy groups -OCH3 is 1. The Morgan fingerprint density at radius 3 is 2.49 bits per heavy atom. The highest BCUT2D eigenvalue weighted by atomic mass is 19.4. The van der Waals surface area contributed by atoms with Crippen molar-refractivity contribution in [2.75, 3.05) is 33.4 Å². The average molecular weight is 569 g/mol. The minimum Gasteiger partial charge on any atom is -0.381 e. The van der Waals surface area contributed by atoms with Crippen LogP contribution in [0, 0.1) is 11.8 Å². The van der Waals surface area contributed by atoms with Crippen molar-refractivity contribution in [3.05, 3.63) is 52.7 Å². The number of hydrogen-bond acceptors (Lipinski definition) is 7. The number of fused-ring (bicyclic) bond motifs is 4. The Labute approximate surface area is 233 Å². The van der Waals surface area contributed by atoms with Crippen LogP contribution in [-0.2, 0) is 16.5 Å². The molecule has 1 saturated heterocycles. The lowest BCUT2D eigenvalue weighted by atomic mass is 9.89. The van der Waals surface area contributed by atoms with Crippen LogP contribution in [0.15, 0.2) is 41.3 Å². The molecular weight excluding hydrogens is 537 g/mol. The molecule has 0 radical (unpaired) electrons. The number of likely N-dealkylation sites (tertiary alicyclic amines) is 1. The molecule has 1 aliphatic heterocycles. The van der Waals surface area contributed by atoms with E-state index in [-0.39, 0.29) is 30.1 Å². The standard InChI is InChI=1S/C29H31F3N6O3/c1-36-27-25(38(28(36)39)20-11-21(12-20)40-2)22-10-16(3-5-23(22)34-35-27)17-4-6-24(33-13-17)26(29(30,31)32)41-8-7-37-14-18-9-19(18)15-37/h3-6,10,13,18-21,26H,7-9,11-12,14-15H2,1-2H3. The van der Waals surface area contributed by atoms with E-state index in [9.17, 15) is 18.0 Å². The first-order chi connectivity index (χ1) is 19.7. The monoisotopic (exact) mass is 568 g/mol. The Morgan fingerprint density at radius 2 is 1.80 bits per heavy atom. The first-order valence-corrected chi connectivity index (χ1v) is 14.0. The Morgan fingerprint density at radius 1 is 1.05 bits per heavy atom. The number of nitrogens with zero attached hydrogens (tertiary/aromatic N) is 6.